The van der Waals surface area contributed by atoms with Crippen molar-refractivity contribution in [3.8, 4) is 0 Å². The fourth-order valence-corrected chi connectivity index (χ4v) is 5.52. The van der Waals surface area contributed by atoms with Gasteiger partial charge in [-0.05, 0) is 51.0 Å². The number of thioether (sulfide) groups is 1. The number of hydrogen-bond acceptors (Lipinski definition) is 6. The van der Waals surface area contributed by atoms with Crippen LogP contribution in [0.2, 0.25) is 0 Å². The Morgan fingerprint density at radius 1 is 1.09 bits per heavy atom. The number of fused-ring (bicyclic) bond motifs is 1. The van der Waals surface area contributed by atoms with E-state index < -0.39 is 24.0 Å². The highest BCUT2D eigenvalue weighted by Gasteiger charge is 2.52. The average Bonchev–Trinajstić information content (AvgIpc) is 3.32. The fourth-order valence-electron chi connectivity index (χ4n) is 4.67. The van der Waals surface area contributed by atoms with Crippen LogP contribution in [0.15, 0.2) is 53.4 Å². The Morgan fingerprint density at radius 3 is 2.51 bits per heavy atom. The second-order valence-electron chi connectivity index (χ2n) is 9.02. The molecule has 35 heavy (non-hydrogen) atoms. The molecule has 1 fully saturated rings. The van der Waals surface area contributed by atoms with Gasteiger partial charge in [0.2, 0.25) is 5.91 Å². The maximum atomic E-state index is 13.4. The first-order chi connectivity index (χ1) is 16.8. The van der Waals surface area contributed by atoms with E-state index in [2.05, 4.69) is 10.6 Å². The third kappa shape index (κ3) is 5.19. The zero-order valence-corrected chi connectivity index (χ0v) is 20.7. The highest BCUT2D eigenvalue weighted by Crippen LogP contribution is 2.45. The third-order valence-corrected chi connectivity index (χ3v) is 7.24. The molecule has 0 atom stereocenters. The van der Waals surface area contributed by atoms with Gasteiger partial charge < -0.3 is 15.4 Å². The van der Waals surface area contributed by atoms with Gasteiger partial charge in [-0.3, -0.25) is 19.3 Å². The summed E-state index contributed by atoms with van der Waals surface area (Å²) in [6, 6.07) is 14.0. The van der Waals surface area contributed by atoms with Gasteiger partial charge in [-0.2, -0.15) is 0 Å². The molecule has 0 aromatic heterocycles. The maximum absolute atomic E-state index is 13.4. The number of nitrogens with one attached hydrogen (secondary N) is 2. The maximum Gasteiger partial charge on any atom is 0.339 e. The highest BCUT2D eigenvalue weighted by atomic mass is 32.2. The number of rotatable bonds is 7. The monoisotopic (exact) mass is 495 g/mol. The quantitative estimate of drug-likeness (QED) is 0.448. The third-order valence-electron chi connectivity index (χ3n) is 6.17. The number of anilines is 2. The van der Waals surface area contributed by atoms with Crippen LogP contribution in [-0.4, -0.2) is 47.6 Å². The second kappa shape index (κ2) is 10.5. The molecule has 0 saturated heterocycles. The Balaban J connectivity index is 1.48. The minimum Gasteiger partial charge on any atom is -0.452 e. The lowest BCUT2D eigenvalue weighted by molar-refractivity contribution is -0.129. The fraction of sp³-hybridized carbons (Fsp3) is 0.385. The molecule has 9 heteroatoms. The molecule has 3 amide bonds. The van der Waals surface area contributed by atoms with Crippen molar-refractivity contribution >= 4 is 46.8 Å². The lowest BCUT2D eigenvalue weighted by Gasteiger charge is -2.44. The molecule has 2 aromatic rings. The van der Waals surface area contributed by atoms with Gasteiger partial charge in [0.25, 0.3) is 11.8 Å². The number of para-hydroxylation sites is 2. The minimum absolute atomic E-state index is 0.0273. The number of hydrogen-bond donors (Lipinski definition) is 2. The van der Waals surface area contributed by atoms with E-state index in [0.717, 1.165) is 12.8 Å². The zero-order valence-electron chi connectivity index (χ0n) is 19.8. The number of benzene rings is 2. The van der Waals surface area contributed by atoms with Gasteiger partial charge in [0, 0.05) is 10.9 Å². The molecule has 0 unspecified atom stereocenters. The summed E-state index contributed by atoms with van der Waals surface area (Å²) in [6.07, 6.45) is 2.80. The van der Waals surface area contributed by atoms with Crippen molar-refractivity contribution in [1.29, 1.82) is 0 Å². The zero-order chi connectivity index (χ0) is 25.0. The van der Waals surface area contributed by atoms with Crippen LogP contribution in [0.25, 0.3) is 0 Å². The molecule has 1 spiro atoms. The van der Waals surface area contributed by atoms with Gasteiger partial charge in [0.05, 0.1) is 22.7 Å². The van der Waals surface area contributed by atoms with Crippen molar-refractivity contribution in [3.05, 3.63) is 54.1 Å². The molecule has 4 rings (SSSR count). The van der Waals surface area contributed by atoms with Crippen molar-refractivity contribution < 1.29 is 23.9 Å². The van der Waals surface area contributed by atoms with Crippen LogP contribution in [0.3, 0.4) is 0 Å². The summed E-state index contributed by atoms with van der Waals surface area (Å²) in [5, 5.41) is 5.75. The van der Waals surface area contributed by atoms with E-state index in [-0.39, 0.29) is 29.2 Å². The highest BCUT2D eigenvalue weighted by molar-refractivity contribution is 8.00. The van der Waals surface area contributed by atoms with Crippen LogP contribution >= 0.6 is 11.8 Å². The number of carbonyl (C=O) groups excluding carboxylic acids is 4. The molecular weight excluding hydrogens is 466 g/mol. The summed E-state index contributed by atoms with van der Waals surface area (Å²) >= 11 is 1.23. The Kier molecular flexibility index (Phi) is 7.45. The summed E-state index contributed by atoms with van der Waals surface area (Å²) < 4.78 is 5.43. The van der Waals surface area contributed by atoms with Crippen molar-refractivity contribution in [3.63, 3.8) is 0 Å². The number of nitrogens with zero attached hydrogens (tertiary/aromatic N) is 1. The van der Waals surface area contributed by atoms with Crippen LogP contribution in [0.5, 0.6) is 0 Å². The Hall–Kier alpha value is -3.33. The average molecular weight is 496 g/mol. The summed E-state index contributed by atoms with van der Waals surface area (Å²) in [5.74, 6) is -1.27. The van der Waals surface area contributed by atoms with Crippen LogP contribution in [-0.2, 0) is 19.1 Å². The molecule has 1 saturated carbocycles. The Bertz CT molecular complexity index is 1140. The van der Waals surface area contributed by atoms with Crippen LogP contribution < -0.4 is 15.5 Å². The summed E-state index contributed by atoms with van der Waals surface area (Å²) in [7, 11) is 0. The van der Waals surface area contributed by atoms with Crippen molar-refractivity contribution in [2.24, 2.45) is 0 Å². The van der Waals surface area contributed by atoms with Crippen LogP contribution in [0.1, 0.15) is 49.9 Å². The first kappa shape index (κ1) is 24.8. The lowest BCUT2D eigenvalue weighted by Crippen LogP contribution is -2.61. The number of amides is 3. The van der Waals surface area contributed by atoms with Crippen molar-refractivity contribution in [1.82, 2.24) is 5.32 Å². The molecule has 184 valence electrons. The van der Waals surface area contributed by atoms with E-state index in [1.54, 1.807) is 42.5 Å². The Morgan fingerprint density at radius 2 is 1.77 bits per heavy atom. The number of carbonyl (C=O) groups is 4. The summed E-state index contributed by atoms with van der Waals surface area (Å²) in [5.41, 5.74) is 0.503. The molecule has 2 N–H and O–H groups in total. The normalized spacial score (nSPS) is 16.1. The van der Waals surface area contributed by atoms with Gasteiger partial charge in [0.15, 0.2) is 6.61 Å². The molecule has 0 bridgehead atoms. The van der Waals surface area contributed by atoms with Gasteiger partial charge >= 0.3 is 5.97 Å². The Labute approximate surface area is 208 Å². The van der Waals surface area contributed by atoms with Gasteiger partial charge in [-0.15, -0.1) is 11.8 Å². The predicted octanol–water partition coefficient (Wildman–Crippen LogP) is 3.76. The predicted molar refractivity (Wildman–Crippen MR) is 134 cm³/mol. The van der Waals surface area contributed by atoms with Crippen LogP contribution in [0, 0.1) is 0 Å². The number of ether oxygens (including phenoxy) is 1. The van der Waals surface area contributed by atoms with E-state index in [1.165, 1.54) is 16.7 Å². The van der Waals surface area contributed by atoms with E-state index in [1.807, 2.05) is 19.9 Å². The van der Waals surface area contributed by atoms with E-state index in [0.29, 0.717) is 29.1 Å². The van der Waals surface area contributed by atoms with Gasteiger partial charge in [0.1, 0.15) is 5.54 Å². The standard InChI is InChI=1S/C26H29N3O5S/c1-17(2)27-22(30)16-35-21-12-6-3-9-18(21)24(32)34-15-23(31)29-20-11-5-4-10-19(20)28-25(33)26(29)13-7-8-14-26/h3-6,9-12,17H,7-8,13-16H2,1-2H3,(H,27,30)(H,28,33). The molecule has 1 heterocycles. The lowest BCUT2D eigenvalue weighted by atomic mass is 9.90. The molecule has 0 radical (unpaired) electrons. The minimum atomic E-state index is -0.963. The first-order valence-electron chi connectivity index (χ1n) is 11.7. The summed E-state index contributed by atoms with van der Waals surface area (Å²) in [4.78, 5) is 53.5. The van der Waals surface area contributed by atoms with E-state index in [4.69, 9.17) is 4.74 Å². The molecule has 1 aliphatic heterocycles. The molecular formula is C26H29N3O5S. The largest absolute Gasteiger partial charge is 0.452 e. The van der Waals surface area contributed by atoms with Crippen molar-refractivity contribution in [2.75, 3.05) is 22.6 Å². The molecule has 2 aromatic carbocycles. The van der Waals surface area contributed by atoms with E-state index in [9.17, 15) is 19.2 Å². The topological polar surface area (TPSA) is 105 Å². The second-order valence-corrected chi connectivity index (χ2v) is 10.0. The van der Waals surface area contributed by atoms with Gasteiger partial charge in [-0.25, -0.2) is 4.79 Å². The molecule has 2 aliphatic rings. The SMILES string of the molecule is CC(C)NC(=O)CSc1ccccc1C(=O)OCC(=O)N1c2ccccc2NC(=O)C12CCCC2. The smallest absolute Gasteiger partial charge is 0.339 e. The number of esters is 1. The van der Waals surface area contributed by atoms with Crippen LogP contribution in [0.4, 0.5) is 11.4 Å². The molecule has 8 nitrogen and oxygen atoms in total. The first-order valence-corrected chi connectivity index (χ1v) is 12.7. The van der Waals surface area contributed by atoms with Crippen molar-refractivity contribution in [2.45, 2.75) is 56.0 Å². The summed E-state index contributed by atoms with van der Waals surface area (Å²) in [6.45, 7) is 3.27. The molecule has 1 aliphatic carbocycles. The van der Waals surface area contributed by atoms with E-state index >= 15 is 0 Å². The van der Waals surface area contributed by atoms with Gasteiger partial charge in [-0.1, -0.05) is 37.1 Å².